The number of aromatic nitrogens is 2. The van der Waals surface area contributed by atoms with Crippen molar-refractivity contribution in [2.24, 2.45) is 0 Å². The van der Waals surface area contributed by atoms with E-state index in [1.807, 2.05) is 0 Å². The summed E-state index contributed by atoms with van der Waals surface area (Å²) in [5.41, 5.74) is -0.265. The number of nitrogens with zero attached hydrogens (tertiary/aromatic N) is 3. The van der Waals surface area contributed by atoms with Crippen LogP contribution in [0.15, 0.2) is 35.2 Å². The van der Waals surface area contributed by atoms with Gasteiger partial charge in [0.05, 0.1) is 25.2 Å². The molecule has 21 heavy (non-hydrogen) atoms. The zero-order chi connectivity index (χ0) is 15.5. The van der Waals surface area contributed by atoms with Crippen LogP contribution in [0.2, 0.25) is 5.15 Å². The largest absolute Gasteiger partial charge is 0.467 e. The third kappa shape index (κ3) is 4.45. The van der Waals surface area contributed by atoms with Crippen molar-refractivity contribution in [1.29, 1.82) is 0 Å². The zero-order valence-electron chi connectivity index (χ0n) is 10.5. The molecule has 112 valence electrons. The molecule has 2 heterocycles. The Kier molecular flexibility index (Phi) is 4.46. The van der Waals surface area contributed by atoms with Crippen LogP contribution >= 0.6 is 11.6 Å². The van der Waals surface area contributed by atoms with Crippen molar-refractivity contribution in [2.75, 3.05) is 6.54 Å². The first kappa shape index (κ1) is 15.3. The smallest absolute Gasteiger partial charge is 0.406 e. The van der Waals surface area contributed by atoms with Crippen LogP contribution in [0.5, 0.6) is 0 Å². The van der Waals surface area contributed by atoms with E-state index in [1.54, 1.807) is 0 Å². The quantitative estimate of drug-likeness (QED) is 0.869. The minimum Gasteiger partial charge on any atom is -0.467 e. The summed E-state index contributed by atoms with van der Waals surface area (Å²) in [5, 5.41) is -0.0780. The molecule has 0 radical (unpaired) electrons. The van der Waals surface area contributed by atoms with Gasteiger partial charge in [-0.2, -0.15) is 13.2 Å². The summed E-state index contributed by atoms with van der Waals surface area (Å²) >= 11 is 5.58. The van der Waals surface area contributed by atoms with E-state index in [0.29, 0.717) is 4.90 Å². The van der Waals surface area contributed by atoms with Gasteiger partial charge in [0.25, 0.3) is 5.91 Å². The average Bonchev–Trinajstić information content (AvgIpc) is 2.88. The minimum atomic E-state index is -4.55. The van der Waals surface area contributed by atoms with Crippen molar-refractivity contribution in [3.63, 3.8) is 0 Å². The monoisotopic (exact) mass is 319 g/mol. The SMILES string of the molecule is O=C(c1cncc(Cl)n1)N(Cc1ccco1)CC(F)(F)F. The topological polar surface area (TPSA) is 59.2 Å². The number of amides is 1. The molecule has 0 aliphatic heterocycles. The van der Waals surface area contributed by atoms with Gasteiger partial charge >= 0.3 is 6.18 Å². The molecule has 0 atom stereocenters. The fourth-order valence-corrected chi connectivity index (χ4v) is 1.76. The molecule has 0 saturated heterocycles. The molecule has 0 aliphatic rings. The number of alkyl halides is 3. The van der Waals surface area contributed by atoms with E-state index in [-0.39, 0.29) is 23.2 Å². The second-order valence-corrected chi connectivity index (χ2v) is 4.47. The van der Waals surface area contributed by atoms with Crippen LogP contribution in [0.25, 0.3) is 0 Å². The summed E-state index contributed by atoms with van der Waals surface area (Å²) in [6.07, 6.45) is -1.00. The van der Waals surface area contributed by atoms with Crippen molar-refractivity contribution < 1.29 is 22.4 Å². The van der Waals surface area contributed by atoms with E-state index in [4.69, 9.17) is 16.0 Å². The molecule has 2 rings (SSSR count). The van der Waals surface area contributed by atoms with Crippen molar-refractivity contribution in [3.05, 3.63) is 47.4 Å². The Balaban J connectivity index is 2.23. The van der Waals surface area contributed by atoms with Gasteiger partial charge in [0.15, 0.2) is 0 Å². The van der Waals surface area contributed by atoms with Crippen LogP contribution in [-0.2, 0) is 6.54 Å². The second-order valence-electron chi connectivity index (χ2n) is 4.08. The zero-order valence-corrected chi connectivity index (χ0v) is 11.2. The minimum absolute atomic E-state index is 0.0780. The highest BCUT2D eigenvalue weighted by atomic mass is 35.5. The maximum absolute atomic E-state index is 12.6. The lowest BCUT2D eigenvalue weighted by atomic mass is 10.3. The van der Waals surface area contributed by atoms with Gasteiger partial charge in [0.1, 0.15) is 23.2 Å². The second kappa shape index (κ2) is 6.13. The Bertz CT molecular complexity index is 616. The third-order valence-electron chi connectivity index (χ3n) is 2.41. The summed E-state index contributed by atoms with van der Waals surface area (Å²) in [7, 11) is 0. The van der Waals surface area contributed by atoms with Crippen LogP contribution in [-0.4, -0.2) is 33.5 Å². The summed E-state index contributed by atoms with van der Waals surface area (Å²) < 4.78 is 42.8. The van der Waals surface area contributed by atoms with Gasteiger partial charge in [0, 0.05) is 0 Å². The molecule has 0 N–H and O–H groups in total. The summed E-state index contributed by atoms with van der Waals surface area (Å²) in [4.78, 5) is 20.0. The molecule has 0 fully saturated rings. The van der Waals surface area contributed by atoms with Crippen LogP contribution in [0.4, 0.5) is 13.2 Å². The van der Waals surface area contributed by atoms with Crippen LogP contribution in [0.1, 0.15) is 16.2 Å². The average molecular weight is 320 g/mol. The molecule has 2 aromatic heterocycles. The highest BCUT2D eigenvalue weighted by Crippen LogP contribution is 2.20. The van der Waals surface area contributed by atoms with Gasteiger partial charge < -0.3 is 9.32 Å². The van der Waals surface area contributed by atoms with Gasteiger partial charge in [-0.15, -0.1) is 0 Å². The van der Waals surface area contributed by atoms with Crippen molar-refractivity contribution in [3.8, 4) is 0 Å². The molecular weight excluding hydrogens is 311 g/mol. The van der Waals surface area contributed by atoms with Crippen LogP contribution in [0, 0.1) is 0 Å². The first-order valence-electron chi connectivity index (χ1n) is 5.71. The molecule has 5 nitrogen and oxygen atoms in total. The number of rotatable bonds is 4. The molecule has 0 saturated carbocycles. The number of carbonyl (C=O) groups excluding carboxylic acids is 1. The summed E-state index contributed by atoms with van der Waals surface area (Å²) in [6.45, 7) is -1.76. The summed E-state index contributed by atoms with van der Waals surface area (Å²) in [5.74, 6) is -0.707. The molecular formula is C12H9ClF3N3O2. The molecule has 0 aliphatic carbocycles. The Morgan fingerprint density at radius 3 is 2.71 bits per heavy atom. The number of halogens is 4. The fourth-order valence-electron chi connectivity index (χ4n) is 1.61. The number of furan rings is 1. The number of hydrogen-bond donors (Lipinski definition) is 0. The van der Waals surface area contributed by atoms with E-state index in [0.717, 1.165) is 6.20 Å². The van der Waals surface area contributed by atoms with Gasteiger partial charge in [-0.1, -0.05) is 11.6 Å². The fraction of sp³-hybridized carbons (Fsp3) is 0.250. The number of hydrogen-bond acceptors (Lipinski definition) is 4. The first-order valence-corrected chi connectivity index (χ1v) is 6.09. The van der Waals surface area contributed by atoms with E-state index in [1.165, 1.54) is 24.6 Å². The van der Waals surface area contributed by atoms with E-state index in [2.05, 4.69) is 9.97 Å². The van der Waals surface area contributed by atoms with Crippen molar-refractivity contribution >= 4 is 17.5 Å². The highest BCUT2D eigenvalue weighted by molar-refractivity contribution is 6.29. The number of carbonyl (C=O) groups is 1. The molecule has 0 bridgehead atoms. The van der Waals surface area contributed by atoms with Crippen molar-refractivity contribution in [1.82, 2.24) is 14.9 Å². The lowest BCUT2D eigenvalue weighted by molar-refractivity contribution is -0.142. The van der Waals surface area contributed by atoms with Gasteiger partial charge in [-0.05, 0) is 12.1 Å². The molecule has 2 aromatic rings. The van der Waals surface area contributed by atoms with Gasteiger partial charge in [0.2, 0.25) is 0 Å². The van der Waals surface area contributed by atoms with Gasteiger partial charge in [-0.3, -0.25) is 9.78 Å². The molecule has 1 amide bonds. The third-order valence-corrected chi connectivity index (χ3v) is 2.59. The Labute approximate surface area is 122 Å². The molecule has 0 unspecified atom stereocenters. The predicted octanol–water partition coefficient (Wildman–Crippen LogP) is 2.93. The van der Waals surface area contributed by atoms with Crippen LogP contribution in [0.3, 0.4) is 0 Å². The molecule has 0 spiro atoms. The Morgan fingerprint density at radius 1 is 1.38 bits per heavy atom. The van der Waals surface area contributed by atoms with Gasteiger partial charge in [-0.25, -0.2) is 4.98 Å². The van der Waals surface area contributed by atoms with E-state index < -0.39 is 18.6 Å². The van der Waals surface area contributed by atoms with Crippen LogP contribution < -0.4 is 0 Å². The van der Waals surface area contributed by atoms with E-state index in [9.17, 15) is 18.0 Å². The Hall–Kier alpha value is -2.09. The summed E-state index contributed by atoms with van der Waals surface area (Å²) in [6, 6.07) is 2.99. The Morgan fingerprint density at radius 2 is 2.14 bits per heavy atom. The highest BCUT2D eigenvalue weighted by Gasteiger charge is 2.34. The lowest BCUT2D eigenvalue weighted by Gasteiger charge is -2.22. The maximum Gasteiger partial charge on any atom is 0.406 e. The predicted molar refractivity (Wildman–Crippen MR) is 66.5 cm³/mol. The maximum atomic E-state index is 12.6. The molecule has 0 aromatic carbocycles. The normalized spacial score (nSPS) is 11.4. The first-order chi connectivity index (χ1) is 9.85. The molecule has 9 heteroatoms. The van der Waals surface area contributed by atoms with E-state index >= 15 is 0 Å². The van der Waals surface area contributed by atoms with Crippen molar-refractivity contribution in [2.45, 2.75) is 12.7 Å². The lowest BCUT2D eigenvalue weighted by Crippen LogP contribution is -2.38. The standard InChI is InChI=1S/C12H9ClF3N3O2/c13-10-5-17-4-9(18-10)11(20)19(7-12(14,15)16)6-8-2-1-3-21-8/h1-5H,6-7H2.